The minimum absolute atomic E-state index is 0.0189. The summed E-state index contributed by atoms with van der Waals surface area (Å²) >= 11 is 6.95. The van der Waals surface area contributed by atoms with E-state index in [9.17, 15) is 9.59 Å². The van der Waals surface area contributed by atoms with Gasteiger partial charge in [0.05, 0.1) is 5.02 Å². The zero-order chi connectivity index (χ0) is 11.3. The average Bonchev–Trinajstić information content (AvgIpc) is 2.51. The van der Waals surface area contributed by atoms with Gasteiger partial charge < -0.3 is 9.53 Å². The molecule has 0 amide bonds. The lowest BCUT2D eigenvalue weighted by Crippen LogP contribution is -2.12. The van der Waals surface area contributed by atoms with E-state index in [0.29, 0.717) is 16.5 Å². The van der Waals surface area contributed by atoms with Gasteiger partial charge in [-0.3, -0.25) is 4.79 Å². The van der Waals surface area contributed by atoms with Crippen molar-refractivity contribution < 1.29 is 14.3 Å². The molecule has 82 valence electrons. The Morgan fingerprint density at radius 1 is 1.73 bits per heavy atom. The van der Waals surface area contributed by atoms with E-state index in [-0.39, 0.29) is 18.3 Å². The number of rotatable bonds is 5. The van der Waals surface area contributed by atoms with E-state index in [1.165, 1.54) is 11.3 Å². The highest BCUT2D eigenvalue weighted by Gasteiger charge is 2.11. The molecule has 0 saturated heterocycles. The summed E-state index contributed by atoms with van der Waals surface area (Å²) in [6, 6.07) is 1.59. The molecule has 0 fully saturated rings. The number of hydrogen-bond donors (Lipinski definition) is 0. The zero-order valence-corrected chi connectivity index (χ0v) is 9.81. The molecule has 0 aliphatic heterocycles. The zero-order valence-electron chi connectivity index (χ0n) is 8.23. The molecular formula is C10H11ClO3S. The molecule has 0 N–H and O–H groups in total. The molecule has 3 nitrogen and oxygen atoms in total. The van der Waals surface area contributed by atoms with Crippen LogP contribution in [0.4, 0.5) is 0 Å². The molecule has 15 heavy (non-hydrogen) atoms. The van der Waals surface area contributed by atoms with E-state index >= 15 is 0 Å². The Hall–Kier alpha value is -0.870. The SMILES string of the molecule is CC(CC=O)CC(=O)Oc1cc(Cl)cs1. The quantitative estimate of drug-likeness (QED) is 0.593. The lowest BCUT2D eigenvalue weighted by atomic mass is 10.1. The summed E-state index contributed by atoms with van der Waals surface area (Å²) in [6.45, 7) is 1.83. The Bertz CT molecular complexity index is 348. The van der Waals surface area contributed by atoms with Crippen molar-refractivity contribution in [2.24, 2.45) is 5.92 Å². The van der Waals surface area contributed by atoms with Gasteiger partial charge >= 0.3 is 5.97 Å². The highest BCUT2D eigenvalue weighted by atomic mass is 35.5. The van der Waals surface area contributed by atoms with E-state index in [0.717, 1.165) is 6.29 Å². The van der Waals surface area contributed by atoms with Gasteiger partial charge in [-0.25, -0.2) is 0 Å². The molecule has 0 bridgehead atoms. The highest BCUT2D eigenvalue weighted by molar-refractivity contribution is 7.12. The predicted octanol–water partition coefficient (Wildman–Crippen LogP) is 2.92. The van der Waals surface area contributed by atoms with Crippen LogP contribution in [0.2, 0.25) is 5.02 Å². The molecule has 1 atom stereocenters. The minimum Gasteiger partial charge on any atom is -0.415 e. The molecule has 1 unspecified atom stereocenters. The molecule has 0 aliphatic rings. The van der Waals surface area contributed by atoms with E-state index in [4.69, 9.17) is 16.3 Å². The van der Waals surface area contributed by atoms with Crippen LogP contribution < -0.4 is 4.74 Å². The second-order valence-electron chi connectivity index (χ2n) is 3.27. The first kappa shape index (κ1) is 12.2. The van der Waals surface area contributed by atoms with Crippen LogP contribution in [0.1, 0.15) is 19.8 Å². The van der Waals surface area contributed by atoms with E-state index in [1.807, 2.05) is 6.92 Å². The summed E-state index contributed by atoms with van der Waals surface area (Å²) in [5, 5.41) is 2.74. The largest absolute Gasteiger partial charge is 0.415 e. The molecule has 1 aromatic heterocycles. The number of carbonyl (C=O) groups is 2. The molecule has 1 heterocycles. The maximum atomic E-state index is 11.3. The van der Waals surface area contributed by atoms with Crippen molar-refractivity contribution in [1.82, 2.24) is 0 Å². The van der Waals surface area contributed by atoms with Gasteiger partial charge in [-0.15, -0.1) is 11.3 Å². The third kappa shape index (κ3) is 4.44. The molecular weight excluding hydrogens is 236 g/mol. The van der Waals surface area contributed by atoms with Gasteiger partial charge in [0, 0.05) is 24.3 Å². The molecule has 1 aromatic rings. The summed E-state index contributed by atoms with van der Waals surface area (Å²) in [4.78, 5) is 21.5. The van der Waals surface area contributed by atoms with Gasteiger partial charge in [0.25, 0.3) is 0 Å². The summed E-state index contributed by atoms with van der Waals surface area (Å²) in [5.74, 6) is -0.312. The predicted molar refractivity (Wildman–Crippen MR) is 59.4 cm³/mol. The van der Waals surface area contributed by atoms with Crippen molar-refractivity contribution in [3.63, 3.8) is 0 Å². The Labute approximate surface area is 97.0 Å². The fourth-order valence-corrected chi connectivity index (χ4v) is 1.96. The number of halogens is 1. The van der Waals surface area contributed by atoms with Gasteiger partial charge in [-0.05, 0) is 5.92 Å². The lowest BCUT2D eigenvalue weighted by molar-refractivity contribution is -0.135. The molecule has 0 radical (unpaired) electrons. The number of esters is 1. The lowest BCUT2D eigenvalue weighted by Gasteiger charge is -2.05. The van der Waals surface area contributed by atoms with Gasteiger partial charge in [-0.1, -0.05) is 18.5 Å². The smallest absolute Gasteiger partial charge is 0.312 e. The van der Waals surface area contributed by atoms with Crippen LogP contribution in [-0.2, 0) is 9.59 Å². The topological polar surface area (TPSA) is 43.4 Å². The number of thiophene rings is 1. The van der Waals surface area contributed by atoms with Crippen molar-refractivity contribution in [3.8, 4) is 5.06 Å². The van der Waals surface area contributed by atoms with Crippen LogP contribution >= 0.6 is 22.9 Å². The Morgan fingerprint density at radius 3 is 3.00 bits per heavy atom. The third-order valence-corrected chi connectivity index (χ3v) is 2.92. The number of ether oxygens (including phenoxy) is 1. The first-order valence-electron chi connectivity index (χ1n) is 4.50. The fraction of sp³-hybridized carbons (Fsp3) is 0.400. The third-order valence-electron chi connectivity index (χ3n) is 1.77. The van der Waals surface area contributed by atoms with Crippen LogP contribution in [0.25, 0.3) is 0 Å². The van der Waals surface area contributed by atoms with Crippen LogP contribution in [0.3, 0.4) is 0 Å². The molecule has 0 saturated carbocycles. The normalized spacial score (nSPS) is 12.1. The number of carbonyl (C=O) groups excluding carboxylic acids is 2. The molecule has 1 rings (SSSR count). The Kier molecular flexibility index (Phi) is 4.78. The molecule has 5 heteroatoms. The monoisotopic (exact) mass is 246 g/mol. The molecule has 0 aliphatic carbocycles. The number of aldehydes is 1. The maximum Gasteiger partial charge on any atom is 0.312 e. The van der Waals surface area contributed by atoms with E-state index < -0.39 is 0 Å². The van der Waals surface area contributed by atoms with Gasteiger partial charge in [0.2, 0.25) is 0 Å². The first-order chi connectivity index (χ1) is 7.11. The van der Waals surface area contributed by atoms with E-state index in [1.54, 1.807) is 11.4 Å². The summed E-state index contributed by atoms with van der Waals surface area (Å²) in [5.41, 5.74) is 0. The second kappa shape index (κ2) is 5.88. The molecule has 0 aromatic carbocycles. The fourth-order valence-electron chi connectivity index (χ4n) is 1.03. The van der Waals surface area contributed by atoms with Crippen molar-refractivity contribution in [3.05, 3.63) is 16.5 Å². The average molecular weight is 247 g/mol. The van der Waals surface area contributed by atoms with Crippen LogP contribution in [0, 0.1) is 5.92 Å². The first-order valence-corrected chi connectivity index (χ1v) is 5.76. The summed E-state index contributed by atoms with van der Waals surface area (Å²) < 4.78 is 5.03. The Morgan fingerprint density at radius 2 is 2.47 bits per heavy atom. The van der Waals surface area contributed by atoms with Crippen molar-refractivity contribution >= 4 is 35.2 Å². The minimum atomic E-state index is -0.331. The van der Waals surface area contributed by atoms with Crippen LogP contribution in [0.15, 0.2) is 11.4 Å². The van der Waals surface area contributed by atoms with Gasteiger partial charge in [-0.2, -0.15) is 0 Å². The second-order valence-corrected chi connectivity index (χ2v) is 4.58. The maximum absolute atomic E-state index is 11.3. The van der Waals surface area contributed by atoms with Gasteiger partial charge in [0.15, 0.2) is 5.06 Å². The number of hydrogen-bond acceptors (Lipinski definition) is 4. The summed E-state index contributed by atoms with van der Waals surface area (Å²) in [6.07, 6.45) is 1.43. The van der Waals surface area contributed by atoms with Crippen molar-refractivity contribution in [1.29, 1.82) is 0 Å². The summed E-state index contributed by atoms with van der Waals surface area (Å²) in [7, 11) is 0. The van der Waals surface area contributed by atoms with Crippen LogP contribution in [-0.4, -0.2) is 12.3 Å². The van der Waals surface area contributed by atoms with Crippen molar-refractivity contribution in [2.75, 3.05) is 0 Å². The Balaban J connectivity index is 2.39. The van der Waals surface area contributed by atoms with E-state index in [2.05, 4.69) is 0 Å². The standard InChI is InChI=1S/C10H11ClO3S/c1-7(2-3-12)4-9(13)14-10-5-8(11)6-15-10/h3,5-7H,2,4H2,1H3. The van der Waals surface area contributed by atoms with Crippen LogP contribution in [0.5, 0.6) is 5.06 Å². The highest BCUT2D eigenvalue weighted by Crippen LogP contribution is 2.26. The van der Waals surface area contributed by atoms with Crippen molar-refractivity contribution in [2.45, 2.75) is 19.8 Å². The van der Waals surface area contributed by atoms with Gasteiger partial charge in [0.1, 0.15) is 6.29 Å². The molecule has 0 spiro atoms.